The van der Waals surface area contributed by atoms with Crippen molar-refractivity contribution in [2.45, 2.75) is 30.3 Å². The van der Waals surface area contributed by atoms with Crippen molar-refractivity contribution in [1.29, 1.82) is 0 Å². The highest BCUT2D eigenvalue weighted by atomic mass is 32.2. The lowest BCUT2D eigenvalue weighted by atomic mass is 9.73. The van der Waals surface area contributed by atoms with E-state index in [0.717, 1.165) is 19.4 Å². The number of sulfonamides is 1. The molecule has 128 valence electrons. The number of rotatable bonds is 4. The number of benzene rings is 1. The Balaban J connectivity index is 1.87. The molecule has 0 radical (unpaired) electrons. The van der Waals surface area contributed by atoms with Crippen LogP contribution in [0.25, 0.3) is 0 Å². The van der Waals surface area contributed by atoms with Crippen LogP contribution in [-0.4, -0.2) is 52.2 Å². The fourth-order valence-electron chi connectivity index (χ4n) is 3.71. The molecule has 2 atom stereocenters. The molecule has 0 aromatic heterocycles. The molecule has 0 unspecified atom stereocenters. The van der Waals surface area contributed by atoms with Gasteiger partial charge in [-0.05, 0) is 43.5 Å². The first-order valence-electron chi connectivity index (χ1n) is 7.84. The standard InChI is InChI=1S/C16H22FNO4S/c1-21-12-16-8-2-10-22-15(16)7-9-18(11-16)23(19,20)14-5-3-13(17)4-6-14/h3-6,15H,2,7-12H2,1H3/t15-,16+/m0/s1. The summed E-state index contributed by atoms with van der Waals surface area (Å²) in [6.45, 7) is 2.00. The van der Waals surface area contributed by atoms with Gasteiger partial charge in [0.25, 0.3) is 0 Å². The predicted molar refractivity (Wildman–Crippen MR) is 83.1 cm³/mol. The quantitative estimate of drug-likeness (QED) is 0.839. The Labute approximate surface area is 136 Å². The van der Waals surface area contributed by atoms with Gasteiger partial charge in [-0.1, -0.05) is 0 Å². The zero-order valence-corrected chi connectivity index (χ0v) is 14.0. The van der Waals surface area contributed by atoms with Gasteiger partial charge in [0, 0.05) is 32.2 Å². The minimum Gasteiger partial charge on any atom is -0.384 e. The van der Waals surface area contributed by atoms with E-state index in [1.807, 2.05) is 0 Å². The van der Waals surface area contributed by atoms with Crippen molar-refractivity contribution in [3.05, 3.63) is 30.1 Å². The summed E-state index contributed by atoms with van der Waals surface area (Å²) in [5.41, 5.74) is -0.293. The van der Waals surface area contributed by atoms with Crippen molar-refractivity contribution in [2.24, 2.45) is 5.41 Å². The van der Waals surface area contributed by atoms with Gasteiger partial charge >= 0.3 is 0 Å². The molecule has 23 heavy (non-hydrogen) atoms. The number of hydrogen-bond donors (Lipinski definition) is 0. The van der Waals surface area contributed by atoms with Gasteiger partial charge in [-0.3, -0.25) is 0 Å². The van der Waals surface area contributed by atoms with Crippen LogP contribution in [0, 0.1) is 11.2 Å². The summed E-state index contributed by atoms with van der Waals surface area (Å²) < 4.78 is 51.5. The first-order chi connectivity index (χ1) is 11.0. The molecule has 2 aliphatic rings. The van der Waals surface area contributed by atoms with Gasteiger partial charge in [0.05, 0.1) is 17.6 Å². The molecular weight excluding hydrogens is 321 g/mol. The van der Waals surface area contributed by atoms with Gasteiger partial charge in [0.15, 0.2) is 0 Å². The third-order valence-corrected chi connectivity index (χ3v) is 6.70. The van der Waals surface area contributed by atoms with E-state index >= 15 is 0 Å². The third kappa shape index (κ3) is 3.15. The lowest BCUT2D eigenvalue weighted by molar-refractivity contribution is -0.137. The summed E-state index contributed by atoms with van der Waals surface area (Å²) >= 11 is 0. The van der Waals surface area contributed by atoms with Crippen molar-refractivity contribution in [1.82, 2.24) is 4.31 Å². The highest BCUT2D eigenvalue weighted by molar-refractivity contribution is 7.89. The number of piperidine rings is 1. The molecule has 3 rings (SSSR count). The van der Waals surface area contributed by atoms with Crippen molar-refractivity contribution in [3.63, 3.8) is 0 Å². The molecule has 5 nitrogen and oxygen atoms in total. The van der Waals surface area contributed by atoms with Crippen LogP contribution in [-0.2, 0) is 19.5 Å². The van der Waals surface area contributed by atoms with Crippen LogP contribution in [0.1, 0.15) is 19.3 Å². The number of fused-ring (bicyclic) bond motifs is 1. The second-order valence-corrected chi connectivity index (χ2v) is 8.28. The number of hydrogen-bond acceptors (Lipinski definition) is 4. The normalized spacial score (nSPS) is 29.2. The summed E-state index contributed by atoms with van der Waals surface area (Å²) in [7, 11) is -2.00. The fourth-order valence-corrected chi connectivity index (χ4v) is 5.26. The Bertz CT molecular complexity index is 645. The predicted octanol–water partition coefficient (Wildman–Crippen LogP) is 2.03. The van der Waals surface area contributed by atoms with E-state index in [4.69, 9.17) is 9.47 Å². The molecule has 2 heterocycles. The molecule has 2 saturated heterocycles. The molecule has 0 spiro atoms. The van der Waals surface area contributed by atoms with Crippen LogP contribution in [0.3, 0.4) is 0 Å². The highest BCUT2D eigenvalue weighted by Gasteiger charge is 2.48. The van der Waals surface area contributed by atoms with E-state index < -0.39 is 15.8 Å². The van der Waals surface area contributed by atoms with Crippen molar-refractivity contribution in [2.75, 3.05) is 33.4 Å². The maximum atomic E-state index is 13.1. The van der Waals surface area contributed by atoms with Gasteiger partial charge in [0.1, 0.15) is 5.82 Å². The van der Waals surface area contributed by atoms with Crippen LogP contribution >= 0.6 is 0 Å². The van der Waals surface area contributed by atoms with Gasteiger partial charge in [-0.25, -0.2) is 12.8 Å². The van der Waals surface area contributed by atoms with Crippen LogP contribution in [0.15, 0.2) is 29.2 Å². The van der Waals surface area contributed by atoms with Crippen LogP contribution in [0.4, 0.5) is 4.39 Å². The summed E-state index contributed by atoms with van der Waals surface area (Å²) in [6, 6.07) is 4.98. The number of halogens is 1. The molecule has 1 aromatic rings. The molecule has 0 bridgehead atoms. The van der Waals surface area contributed by atoms with E-state index in [-0.39, 0.29) is 16.4 Å². The second kappa shape index (κ2) is 6.47. The van der Waals surface area contributed by atoms with Crippen molar-refractivity contribution >= 4 is 10.0 Å². The number of methoxy groups -OCH3 is 1. The molecule has 0 aliphatic carbocycles. The molecule has 0 saturated carbocycles. The summed E-state index contributed by atoms with van der Waals surface area (Å²) in [5.74, 6) is -0.445. The average Bonchev–Trinajstić information content (AvgIpc) is 2.55. The molecular formula is C16H22FNO4S. The fraction of sp³-hybridized carbons (Fsp3) is 0.625. The number of nitrogens with zero attached hydrogens (tertiary/aromatic N) is 1. The van der Waals surface area contributed by atoms with Crippen LogP contribution in [0.2, 0.25) is 0 Å². The lowest BCUT2D eigenvalue weighted by Gasteiger charge is -2.49. The lowest BCUT2D eigenvalue weighted by Crippen LogP contribution is -2.57. The Morgan fingerprint density at radius 1 is 1.39 bits per heavy atom. The molecule has 2 fully saturated rings. The molecule has 0 amide bonds. The third-order valence-electron chi connectivity index (χ3n) is 4.84. The maximum absolute atomic E-state index is 13.1. The minimum absolute atomic E-state index is 0.0378. The zero-order chi connectivity index (χ0) is 16.5. The number of ether oxygens (including phenoxy) is 2. The highest BCUT2D eigenvalue weighted by Crippen LogP contribution is 2.41. The van der Waals surface area contributed by atoms with Crippen LogP contribution < -0.4 is 0 Å². The van der Waals surface area contributed by atoms with Gasteiger partial charge in [-0.15, -0.1) is 0 Å². The Hall–Kier alpha value is -1.02. The van der Waals surface area contributed by atoms with E-state index in [0.29, 0.717) is 26.1 Å². The van der Waals surface area contributed by atoms with E-state index in [1.165, 1.54) is 28.6 Å². The first kappa shape index (κ1) is 16.8. The molecule has 7 heteroatoms. The smallest absolute Gasteiger partial charge is 0.243 e. The molecule has 2 aliphatic heterocycles. The second-order valence-electron chi connectivity index (χ2n) is 6.34. The van der Waals surface area contributed by atoms with Crippen LogP contribution in [0.5, 0.6) is 0 Å². The summed E-state index contributed by atoms with van der Waals surface area (Å²) in [5, 5.41) is 0. The Morgan fingerprint density at radius 3 is 2.83 bits per heavy atom. The SMILES string of the molecule is COC[C@]12CCCO[C@H]1CCN(S(=O)(=O)c1ccc(F)cc1)C2. The van der Waals surface area contributed by atoms with Gasteiger partial charge < -0.3 is 9.47 Å². The topological polar surface area (TPSA) is 55.8 Å². The van der Waals surface area contributed by atoms with E-state index in [1.54, 1.807) is 7.11 Å². The maximum Gasteiger partial charge on any atom is 0.243 e. The van der Waals surface area contributed by atoms with Crippen molar-refractivity contribution < 1.29 is 22.3 Å². The average molecular weight is 343 g/mol. The monoisotopic (exact) mass is 343 g/mol. The first-order valence-corrected chi connectivity index (χ1v) is 9.28. The van der Waals surface area contributed by atoms with E-state index in [2.05, 4.69) is 0 Å². The summed E-state index contributed by atoms with van der Waals surface area (Å²) in [6.07, 6.45) is 2.49. The van der Waals surface area contributed by atoms with Crippen molar-refractivity contribution in [3.8, 4) is 0 Å². The largest absolute Gasteiger partial charge is 0.384 e. The summed E-state index contributed by atoms with van der Waals surface area (Å²) in [4.78, 5) is 0.127. The molecule has 1 aromatic carbocycles. The Kier molecular flexibility index (Phi) is 4.73. The van der Waals surface area contributed by atoms with Gasteiger partial charge in [0.2, 0.25) is 10.0 Å². The molecule has 0 N–H and O–H groups in total. The minimum atomic E-state index is -3.63. The Morgan fingerprint density at radius 2 is 2.13 bits per heavy atom. The van der Waals surface area contributed by atoms with Gasteiger partial charge in [-0.2, -0.15) is 4.31 Å². The van der Waals surface area contributed by atoms with E-state index in [9.17, 15) is 12.8 Å². The zero-order valence-electron chi connectivity index (χ0n) is 13.2.